The largest absolute Gasteiger partial charge is 0.467 e. The molecule has 5 nitrogen and oxygen atoms in total. The van der Waals surface area contributed by atoms with Crippen molar-refractivity contribution in [2.45, 2.75) is 13.0 Å². The molecule has 0 aliphatic heterocycles. The van der Waals surface area contributed by atoms with Crippen molar-refractivity contribution in [2.24, 2.45) is 0 Å². The van der Waals surface area contributed by atoms with Crippen molar-refractivity contribution in [1.29, 1.82) is 0 Å². The van der Waals surface area contributed by atoms with E-state index in [0.717, 1.165) is 0 Å². The van der Waals surface area contributed by atoms with Crippen LogP contribution in [-0.4, -0.2) is 38.1 Å². The zero-order chi connectivity index (χ0) is 11.8. The molecule has 0 aliphatic carbocycles. The average Bonchev–Trinajstić information content (AvgIpc) is 2.14. The number of carbonyl (C=O) groups excluding carboxylic acids is 2. The lowest BCUT2D eigenvalue weighted by molar-refractivity contribution is -0.144. The summed E-state index contributed by atoms with van der Waals surface area (Å²) in [5, 5.41) is 5.75. The van der Waals surface area contributed by atoms with Crippen molar-refractivity contribution in [3.05, 3.63) is 11.6 Å². The summed E-state index contributed by atoms with van der Waals surface area (Å²) in [5.41, 5.74) is 0. The molecule has 0 aromatic heterocycles. The Morgan fingerprint density at radius 2 is 2.13 bits per heavy atom. The van der Waals surface area contributed by atoms with Gasteiger partial charge in [0.05, 0.1) is 7.11 Å². The Bertz CT molecular complexity index is 256. The molecule has 0 bridgehead atoms. The number of carbonyl (C=O) groups is 2. The number of amides is 1. The van der Waals surface area contributed by atoms with Gasteiger partial charge >= 0.3 is 5.97 Å². The van der Waals surface area contributed by atoms with Crippen molar-refractivity contribution in [3.8, 4) is 0 Å². The Labute approximate surface area is 93.8 Å². The number of esters is 1. The van der Waals surface area contributed by atoms with Gasteiger partial charge in [-0.3, -0.25) is 4.79 Å². The maximum absolute atomic E-state index is 11.2. The molecule has 0 radical (unpaired) electrons. The van der Waals surface area contributed by atoms with Crippen molar-refractivity contribution >= 4 is 23.5 Å². The van der Waals surface area contributed by atoms with E-state index in [1.165, 1.54) is 14.0 Å². The monoisotopic (exact) mass is 234 g/mol. The lowest BCUT2D eigenvalue weighted by Crippen LogP contribution is -2.47. The molecule has 1 atom stereocenters. The third-order valence-electron chi connectivity index (χ3n) is 1.53. The van der Waals surface area contributed by atoms with Gasteiger partial charge < -0.3 is 15.4 Å². The third-order valence-corrected chi connectivity index (χ3v) is 1.66. The minimum Gasteiger partial charge on any atom is -0.467 e. The maximum atomic E-state index is 11.2. The predicted octanol–water partition coefficient (Wildman–Crippen LogP) is 0.00620. The van der Waals surface area contributed by atoms with Gasteiger partial charge in [-0.15, -0.1) is 0 Å². The minimum absolute atomic E-state index is 0.248. The van der Waals surface area contributed by atoms with E-state index in [-0.39, 0.29) is 12.5 Å². The van der Waals surface area contributed by atoms with Gasteiger partial charge in [-0.1, -0.05) is 18.2 Å². The lowest BCUT2D eigenvalue weighted by atomic mass is 10.3. The van der Waals surface area contributed by atoms with Crippen LogP contribution in [0, 0.1) is 0 Å². The lowest BCUT2D eigenvalue weighted by Gasteiger charge is -2.15. The number of methoxy groups -OCH3 is 1. The Kier molecular flexibility index (Phi) is 6.73. The fourth-order valence-electron chi connectivity index (χ4n) is 0.933. The summed E-state index contributed by atoms with van der Waals surface area (Å²) in [7, 11) is 1.26. The Morgan fingerprint density at radius 3 is 2.53 bits per heavy atom. The second-order valence-electron chi connectivity index (χ2n) is 2.92. The molecular weight excluding hydrogens is 220 g/mol. The van der Waals surface area contributed by atoms with Gasteiger partial charge in [0.25, 0.3) is 0 Å². The highest BCUT2D eigenvalue weighted by Crippen LogP contribution is 1.93. The van der Waals surface area contributed by atoms with Crippen LogP contribution in [0.2, 0.25) is 0 Å². The molecule has 0 saturated carbocycles. The first-order valence-corrected chi connectivity index (χ1v) is 4.74. The summed E-state index contributed by atoms with van der Waals surface area (Å²) in [6.45, 7) is 5.42. The summed E-state index contributed by atoms with van der Waals surface area (Å²) in [5.74, 6) is -0.796. The van der Waals surface area contributed by atoms with Gasteiger partial charge in [0, 0.05) is 25.0 Å². The molecule has 0 heterocycles. The zero-order valence-corrected chi connectivity index (χ0v) is 9.56. The van der Waals surface area contributed by atoms with Crippen LogP contribution in [0.25, 0.3) is 0 Å². The van der Waals surface area contributed by atoms with Gasteiger partial charge in [0.15, 0.2) is 0 Å². The van der Waals surface area contributed by atoms with Crippen molar-refractivity contribution < 1.29 is 14.3 Å². The fourth-order valence-corrected chi connectivity index (χ4v) is 1.03. The van der Waals surface area contributed by atoms with Crippen LogP contribution >= 0.6 is 11.6 Å². The second kappa shape index (κ2) is 7.25. The van der Waals surface area contributed by atoms with E-state index in [9.17, 15) is 9.59 Å². The number of rotatable bonds is 6. The highest BCUT2D eigenvalue weighted by molar-refractivity contribution is 6.29. The van der Waals surface area contributed by atoms with Gasteiger partial charge in [-0.25, -0.2) is 4.79 Å². The topological polar surface area (TPSA) is 67.4 Å². The van der Waals surface area contributed by atoms with Gasteiger partial charge in [0.2, 0.25) is 5.91 Å². The SMILES string of the molecule is C=C(Cl)CNCC(NC(C)=O)C(=O)OC. The molecule has 0 aliphatic rings. The molecule has 6 heteroatoms. The van der Waals surface area contributed by atoms with E-state index >= 15 is 0 Å². The molecule has 15 heavy (non-hydrogen) atoms. The van der Waals surface area contributed by atoms with E-state index in [1.54, 1.807) is 0 Å². The average molecular weight is 235 g/mol. The highest BCUT2D eigenvalue weighted by atomic mass is 35.5. The summed E-state index contributed by atoms with van der Waals surface area (Å²) >= 11 is 5.52. The molecule has 1 unspecified atom stereocenters. The summed E-state index contributed by atoms with van der Waals surface area (Å²) in [6.07, 6.45) is 0. The maximum Gasteiger partial charge on any atom is 0.329 e. The molecule has 0 spiro atoms. The minimum atomic E-state index is -0.705. The first-order valence-electron chi connectivity index (χ1n) is 4.36. The Balaban J connectivity index is 4.07. The molecular formula is C9H15ClN2O3. The van der Waals surface area contributed by atoms with E-state index in [2.05, 4.69) is 21.9 Å². The van der Waals surface area contributed by atoms with Gasteiger partial charge in [-0.05, 0) is 0 Å². The number of nitrogens with one attached hydrogen (secondary N) is 2. The third kappa shape index (κ3) is 6.93. The van der Waals surface area contributed by atoms with Crippen molar-refractivity contribution in [3.63, 3.8) is 0 Å². The molecule has 1 amide bonds. The van der Waals surface area contributed by atoms with Crippen LogP contribution in [0.3, 0.4) is 0 Å². The van der Waals surface area contributed by atoms with E-state index in [4.69, 9.17) is 11.6 Å². The van der Waals surface area contributed by atoms with Crippen LogP contribution in [0.5, 0.6) is 0 Å². The molecule has 2 N–H and O–H groups in total. The summed E-state index contributed by atoms with van der Waals surface area (Å²) < 4.78 is 4.52. The quantitative estimate of drug-likeness (QED) is 0.636. The summed E-state index contributed by atoms with van der Waals surface area (Å²) in [4.78, 5) is 22.0. The molecule has 0 aromatic rings. The van der Waals surface area contributed by atoms with Gasteiger partial charge in [0.1, 0.15) is 6.04 Å². The van der Waals surface area contributed by atoms with Crippen LogP contribution in [-0.2, 0) is 14.3 Å². The first kappa shape index (κ1) is 13.9. The molecule has 0 rings (SSSR count). The predicted molar refractivity (Wildman–Crippen MR) is 57.5 cm³/mol. The molecule has 0 saturated heterocycles. The first-order chi connectivity index (χ1) is 6.97. The number of hydrogen-bond donors (Lipinski definition) is 2. The molecule has 86 valence electrons. The highest BCUT2D eigenvalue weighted by Gasteiger charge is 2.19. The van der Waals surface area contributed by atoms with E-state index in [1.807, 2.05) is 0 Å². The van der Waals surface area contributed by atoms with Crippen LogP contribution < -0.4 is 10.6 Å². The number of halogens is 1. The normalized spacial score (nSPS) is 11.7. The van der Waals surface area contributed by atoms with Crippen LogP contribution in [0.1, 0.15) is 6.92 Å². The van der Waals surface area contributed by atoms with Crippen LogP contribution in [0.4, 0.5) is 0 Å². The van der Waals surface area contributed by atoms with Gasteiger partial charge in [-0.2, -0.15) is 0 Å². The fraction of sp³-hybridized carbons (Fsp3) is 0.556. The van der Waals surface area contributed by atoms with E-state index in [0.29, 0.717) is 11.6 Å². The summed E-state index contributed by atoms with van der Waals surface area (Å²) in [6, 6.07) is -0.705. The van der Waals surface area contributed by atoms with Crippen molar-refractivity contribution in [2.75, 3.05) is 20.2 Å². The Hall–Kier alpha value is -1.07. The van der Waals surface area contributed by atoms with E-state index < -0.39 is 12.0 Å². The molecule has 0 aromatic carbocycles. The second-order valence-corrected chi connectivity index (χ2v) is 3.46. The smallest absolute Gasteiger partial charge is 0.329 e. The zero-order valence-electron chi connectivity index (χ0n) is 8.80. The van der Waals surface area contributed by atoms with Crippen molar-refractivity contribution in [1.82, 2.24) is 10.6 Å². The standard InChI is InChI=1S/C9H15ClN2O3/c1-6(10)4-11-5-8(9(14)15-3)12-7(2)13/h8,11H,1,4-5H2,2-3H3,(H,12,13). The van der Waals surface area contributed by atoms with Crippen LogP contribution in [0.15, 0.2) is 11.6 Å². The number of hydrogen-bond acceptors (Lipinski definition) is 4. The molecule has 0 fully saturated rings. The Morgan fingerprint density at radius 1 is 1.53 bits per heavy atom. The number of ether oxygens (including phenoxy) is 1.